The Kier molecular flexibility index (Phi) is 4.91. The molecule has 2 heterocycles. The van der Waals surface area contributed by atoms with Crippen LogP contribution in [0.15, 0.2) is 46.0 Å². The third-order valence-electron chi connectivity index (χ3n) is 3.29. The van der Waals surface area contributed by atoms with Crippen LogP contribution in [0.25, 0.3) is 10.9 Å². The van der Waals surface area contributed by atoms with E-state index < -0.39 is 10.0 Å². The van der Waals surface area contributed by atoms with E-state index in [4.69, 9.17) is 11.6 Å². The van der Waals surface area contributed by atoms with Crippen LogP contribution in [0.5, 0.6) is 0 Å². The molecule has 0 fully saturated rings. The van der Waals surface area contributed by atoms with Gasteiger partial charge in [-0.25, -0.2) is 13.1 Å². The number of amides is 1. The summed E-state index contributed by atoms with van der Waals surface area (Å²) in [4.78, 5) is 15.1. The van der Waals surface area contributed by atoms with Gasteiger partial charge in [0.05, 0.1) is 0 Å². The van der Waals surface area contributed by atoms with E-state index in [1.165, 1.54) is 6.07 Å². The van der Waals surface area contributed by atoms with Crippen molar-refractivity contribution >= 4 is 49.8 Å². The average molecular weight is 384 g/mol. The minimum absolute atomic E-state index is 0.109. The van der Waals surface area contributed by atoms with Gasteiger partial charge in [-0.3, -0.25) is 4.79 Å². The molecule has 0 atom stereocenters. The molecule has 0 spiro atoms. The van der Waals surface area contributed by atoms with Crippen molar-refractivity contribution < 1.29 is 13.2 Å². The fourth-order valence-electron chi connectivity index (χ4n) is 2.17. The number of nitrogens with one attached hydrogen (secondary N) is 3. The van der Waals surface area contributed by atoms with Crippen LogP contribution in [0, 0.1) is 0 Å². The van der Waals surface area contributed by atoms with Crippen molar-refractivity contribution in [3.63, 3.8) is 0 Å². The zero-order valence-corrected chi connectivity index (χ0v) is 14.8. The summed E-state index contributed by atoms with van der Waals surface area (Å²) in [6.45, 7) is 0.289. The molecule has 3 rings (SSSR count). The highest BCUT2D eigenvalue weighted by Crippen LogP contribution is 2.19. The van der Waals surface area contributed by atoms with Crippen molar-refractivity contribution in [2.75, 3.05) is 13.1 Å². The Morgan fingerprint density at radius 3 is 2.79 bits per heavy atom. The van der Waals surface area contributed by atoms with E-state index in [0.29, 0.717) is 10.7 Å². The normalized spacial score (nSPS) is 11.7. The van der Waals surface area contributed by atoms with E-state index in [2.05, 4.69) is 15.0 Å². The number of aromatic amines is 1. The van der Waals surface area contributed by atoms with Crippen LogP contribution in [-0.4, -0.2) is 32.4 Å². The highest BCUT2D eigenvalue weighted by molar-refractivity contribution is 7.91. The number of rotatable bonds is 6. The summed E-state index contributed by atoms with van der Waals surface area (Å²) < 4.78 is 26.5. The Morgan fingerprint density at radius 2 is 2.04 bits per heavy atom. The van der Waals surface area contributed by atoms with E-state index in [-0.39, 0.29) is 23.2 Å². The van der Waals surface area contributed by atoms with E-state index in [0.717, 1.165) is 22.2 Å². The van der Waals surface area contributed by atoms with Crippen LogP contribution >= 0.6 is 22.9 Å². The monoisotopic (exact) mass is 383 g/mol. The van der Waals surface area contributed by atoms with Gasteiger partial charge >= 0.3 is 0 Å². The Hall–Kier alpha value is -1.87. The lowest BCUT2D eigenvalue weighted by Gasteiger charge is -2.06. The maximum Gasteiger partial charge on any atom is 0.267 e. The molecule has 3 aromatic rings. The molecular weight excluding hydrogens is 370 g/mol. The van der Waals surface area contributed by atoms with Crippen LogP contribution < -0.4 is 10.0 Å². The summed E-state index contributed by atoms with van der Waals surface area (Å²) in [5.74, 6) is -0.308. The number of H-pyrrole nitrogens is 1. The average Bonchev–Trinajstić information content (AvgIpc) is 3.20. The van der Waals surface area contributed by atoms with Crippen LogP contribution in [0.4, 0.5) is 0 Å². The number of benzene rings is 1. The molecule has 24 heavy (non-hydrogen) atoms. The molecule has 1 amide bonds. The fraction of sp³-hybridized carbons (Fsp3) is 0.133. The van der Waals surface area contributed by atoms with Crippen LogP contribution in [0.1, 0.15) is 10.5 Å². The minimum atomic E-state index is -3.51. The summed E-state index contributed by atoms with van der Waals surface area (Å²) in [6, 6.07) is 10.2. The first-order valence-electron chi connectivity index (χ1n) is 7.05. The topological polar surface area (TPSA) is 91.1 Å². The van der Waals surface area contributed by atoms with Gasteiger partial charge < -0.3 is 10.3 Å². The first kappa shape index (κ1) is 17.0. The van der Waals surface area contributed by atoms with E-state index in [9.17, 15) is 13.2 Å². The highest BCUT2D eigenvalue weighted by Gasteiger charge is 2.14. The van der Waals surface area contributed by atoms with Crippen molar-refractivity contribution in [2.24, 2.45) is 0 Å². The molecular formula is C15H14ClN3O3S2. The van der Waals surface area contributed by atoms with Gasteiger partial charge in [0.15, 0.2) is 0 Å². The Balaban J connectivity index is 1.55. The third kappa shape index (κ3) is 3.78. The zero-order valence-electron chi connectivity index (χ0n) is 12.4. The molecule has 126 valence electrons. The summed E-state index contributed by atoms with van der Waals surface area (Å²) >= 11 is 7.05. The van der Waals surface area contributed by atoms with E-state index in [1.54, 1.807) is 29.6 Å². The quantitative estimate of drug-likeness (QED) is 0.571. The van der Waals surface area contributed by atoms with Crippen LogP contribution in [0.3, 0.4) is 0 Å². The number of fused-ring (bicyclic) bond motifs is 1. The van der Waals surface area contributed by atoms with Gasteiger partial charge in [0.1, 0.15) is 9.90 Å². The minimum Gasteiger partial charge on any atom is -0.350 e. The van der Waals surface area contributed by atoms with Crippen molar-refractivity contribution in [3.05, 3.63) is 52.5 Å². The molecule has 0 saturated carbocycles. The van der Waals surface area contributed by atoms with Gasteiger partial charge in [-0.2, -0.15) is 0 Å². The second-order valence-electron chi connectivity index (χ2n) is 5.00. The molecule has 0 unspecified atom stereocenters. The SMILES string of the molecule is O=C(NCCNS(=O)(=O)c1cccs1)c1cc2ccc(Cl)cc2[nH]1. The second-order valence-corrected chi connectivity index (χ2v) is 8.38. The Bertz CT molecular complexity index is 965. The lowest BCUT2D eigenvalue weighted by Crippen LogP contribution is -2.34. The third-order valence-corrected chi connectivity index (χ3v) is 6.39. The van der Waals surface area contributed by atoms with Crippen molar-refractivity contribution in [2.45, 2.75) is 4.21 Å². The summed E-state index contributed by atoms with van der Waals surface area (Å²) in [5.41, 5.74) is 1.17. The summed E-state index contributed by atoms with van der Waals surface area (Å²) in [6.07, 6.45) is 0. The Labute approximate surface area is 147 Å². The largest absolute Gasteiger partial charge is 0.350 e. The summed E-state index contributed by atoms with van der Waals surface area (Å²) in [7, 11) is -3.51. The number of hydrogen-bond donors (Lipinski definition) is 3. The first-order valence-corrected chi connectivity index (χ1v) is 9.79. The molecule has 9 heteroatoms. The molecule has 0 aliphatic heterocycles. The van der Waals surface area contributed by atoms with Crippen LogP contribution in [0.2, 0.25) is 5.02 Å². The molecule has 2 aromatic heterocycles. The van der Waals surface area contributed by atoms with Gasteiger partial charge in [-0.05, 0) is 29.6 Å². The van der Waals surface area contributed by atoms with Crippen LogP contribution in [-0.2, 0) is 10.0 Å². The number of thiophene rings is 1. The van der Waals surface area contributed by atoms with Gasteiger partial charge in [0, 0.05) is 29.0 Å². The zero-order chi connectivity index (χ0) is 17.2. The van der Waals surface area contributed by atoms with Crippen molar-refractivity contribution in [3.8, 4) is 0 Å². The van der Waals surface area contributed by atoms with Gasteiger partial charge in [-0.15, -0.1) is 11.3 Å². The smallest absolute Gasteiger partial charge is 0.267 e. The lowest BCUT2D eigenvalue weighted by atomic mass is 10.2. The van der Waals surface area contributed by atoms with Gasteiger partial charge in [0.25, 0.3) is 5.91 Å². The standard InChI is InChI=1S/C15H14ClN3O3S2/c16-11-4-3-10-8-13(19-12(10)9-11)15(20)17-5-6-18-24(21,22)14-2-1-7-23-14/h1-4,7-9,18-19H,5-6H2,(H,17,20). The number of halogens is 1. The maximum absolute atomic E-state index is 12.1. The predicted molar refractivity (Wildman–Crippen MR) is 95.1 cm³/mol. The lowest BCUT2D eigenvalue weighted by molar-refractivity contribution is 0.0950. The fourth-order valence-corrected chi connectivity index (χ4v) is 4.41. The Morgan fingerprint density at radius 1 is 1.21 bits per heavy atom. The molecule has 0 bridgehead atoms. The maximum atomic E-state index is 12.1. The molecule has 0 radical (unpaired) electrons. The molecule has 0 aliphatic rings. The molecule has 0 saturated heterocycles. The molecule has 6 nitrogen and oxygen atoms in total. The number of hydrogen-bond acceptors (Lipinski definition) is 4. The van der Waals surface area contributed by atoms with E-state index in [1.807, 2.05) is 6.07 Å². The predicted octanol–water partition coefficient (Wildman–Crippen LogP) is 2.59. The molecule has 0 aliphatic carbocycles. The number of carbonyl (C=O) groups excluding carboxylic acids is 1. The van der Waals surface area contributed by atoms with Crippen molar-refractivity contribution in [1.29, 1.82) is 0 Å². The number of sulfonamides is 1. The number of carbonyl (C=O) groups is 1. The number of aromatic nitrogens is 1. The molecule has 3 N–H and O–H groups in total. The second kappa shape index (κ2) is 6.94. The summed E-state index contributed by atoms with van der Waals surface area (Å²) in [5, 5.41) is 5.82. The van der Waals surface area contributed by atoms with Crippen molar-refractivity contribution in [1.82, 2.24) is 15.0 Å². The molecule has 1 aromatic carbocycles. The van der Waals surface area contributed by atoms with Gasteiger partial charge in [0.2, 0.25) is 10.0 Å². The van der Waals surface area contributed by atoms with E-state index >= 15 is 0 Å². The van der Waals surface area contributed by atoms with Gasteiger partial charge in [-0.1, -0.05) is 23.7 Å². The first-order chi connectivity index (χ1) is 11.5. The highest BCUT2D eigenvalue weighted by atomic mass is 35.5.